The van der Waals surface area contributed by atoms with E-state index in [0.717, 1.165) is 44.0 Å². The van der Waals surface area contributed by atoms with Gasteiger partial charge in [0.25, 0.3) is 0 Å². The zero-order valence-electron chi connectivity index (χ0n) is 19.6. The summed E-state index contributed by atoms with van der Waals surface area (Å²) in [6, 6.07) is 13.2. The number of aromatic nitrogens is 2. The predicted octanol–water partition coefficient (Wildman–Crippen LogP) is 7.51. The smallest absolute Gasteiger partial charge is 0.0710 e. The quantitative estimate of drug-likeness (QED) is 0.245. The predicted molar refractivity (Wildman–Crippen MR) is 138 cm³/mol. The van der Waals surface area contributed by atoms with Crippen molar-refractivity contribution in [2.75, 3.05) is 0 Å². The molecule has 0 spiro atoms. The van der Waals surface area contributed by atoms with E-state index in [1.165, 1.54) is 21.9 Å². The van der Waals surface area contributed by atoms with E-state index in [0.29, 0.717) is 0 Å². The summed E-state index contributed by atoms with van der Waals surface area (Å²) in [7, 11) is 0. The van der Waals surface area contributed by atoms with Gasteiger partial charge in [-0.1, -0.05) is 65.5 Å². The number of fused-ring (bicyclic) bond motifs is 7. The molecule has 5 aromatic rings. The molecule has 0 amide bonds. The number of H-pyrrole nitrogens is 2. The minimum absolute atomic E-state index is 0.0135. The van der Waals surface area contributed by atoms with Gasteiger partial charge in [-0.15, -0.1) is 12.8 Å². The van der Waals surface area contributed by atoms with Crippen LogP contribution in [0.2, 0.25) is 0 Å². The Kier molecular flexibility index (Phi) is 4.09. The Labute approximate surface area is 189 Å². The van der Waals surface area contributed by atoms with Crippen LogP contribution in [0.1, 0.15) is 63.8 Å². The zero-order valence-corrected chi connectivity index (χ0v) is 19.6. The van der Waals surface area contributed by atoms with E-state index in [-0.39, 0.29) is 10.8 Å². The van der Waals surface area contributed by atoms with Crippen LogP contribution in [0.4, 0.5) is 0 Å². The largest absolute Gasteiger partial charge is 0.352 e. The van der Waals surface area contributed by atoms with Crippen molar-refractivity contribution in [1.82, 2.24) is 9.97 Å². The number of rotatable bonds is 0. The first kappa shape index (κ1) is 20.3. The Morgan fingerprint density at radius 3 is 1.25 bits per heavy atom. The van der Waals surface area contributed by atoms with Crippen LogP contribution in [0.5, 0.6) is 0 Å². The van der Waals surface area contributed by atoms with E-state index in [1.54, 1.807) is 0 Å². The second-order valence-corrected chi connectivity index (χ2v) is 10.8. The van der Waals surface area contributed by atoms with Crippen LogP contribution in [0.3, 0.4) is 0 Å². The van der Waals surface area contributed by atoms with Gasteiger partial charge < -0.3 is 9.97 Å². The highest BCUT2D eigenvalue weighted by atomic mass is 14.8. The first-order valence-electron chi connectivity index (χ1n) is 11.0. The first-order chi connectivity index (χ1) is 15.0. The molecule has 3 aromatic carbocycles. The third-order valence-electron chi connectivity index (χ3n) is 6.61. The van der Waals surface area contributed by atoms with E-state index in [2.05, 4.69) is 99.7 Å². The Morgan fingerprint density at radius 1 is 0.562 bits per heavy atom. The first-order valence-corrected chi connectivity index (χ1v) is 11.0. The molecule has 0 unspecified atom stereocenters. The van der Waals surface area contributed by atoms with Gasteiger partial charge >= 0.3 is 0 Å². The fourth-order valence-corrected chi connectivity index (χ4v) is 4.63. The van der Waals surface area contributed by atoms with Crippen molar-refractivity contribution in [3.63, 3.8) is 0 Å². The normalized spacial score (nSPS) is 12.6. The van der Waals surface area contributed by atoms with Crippen LogP contribution in [0.25, 0.3) is 43.6 Å². The molecule has 0 fully saturated rings. The molecule has 2 nitrogen and oxygen atoms in total. The van der Waals surface area contributed by atoms with Crippen molar-refractivity contribution in [3.05, 3.63) is 58.7 Å². The number of hydrogen-bond donors (Lipinski definition) is 2. The Bertz CT molecular complexity index is 1520. The molecule has 0 radical (unpaired) electrons. The lowest BCUT2D eigenvalue weighted by Crippen LogP contribution is -2.11. The summed E-state index contributed by atoms with van der Waals surface area (Å²) in [5.41, 5.74) is 8.44. The number of nitrogens with one attached hydrogen (secondary N) is 2. The minimum Gasteiger partial charge on any atom is -0.352 e. The fourth-order valence-electron chi connectivity index (χ4n) is 4.63. The minimum atomic E-state index is 0.0135. The van der Waals surface area contributed by atoms with Gasteiger partial charge in [0, 0.05) is 32.7 Å². The molecule has 2 N–H and O–H groups in total. The second-order valence-electron chi connectivity index (χ2n) is 10.8. The molecule has 0 aliphatic heterocycles. The molecule has 0 saturated heterocycles. The molecule has 158 valence electrons. The Hall–Kier alpha value is -3.62. The van der Waals surface area contributed by atoms with Crippen LogP contribution >= 0.6 is 0 Å². The summed E-state index contributed by atoms with van der Waals surface area (Å²) < 4.78 is 0. The molecule has 0 aliphatic rings. The van der Waals surface area contributed by atoms with Gasteiger partial charge in [-0.3, -0.25) is 0 Å². The van der Waals surface area contributed by atoms with Crippen molar-refractivity contribution in [1.29, 1.82) is 0 Å². The van der Waals surface area contributed by atoms with Gasteiger partial charge in [-0.25, -0.2) is 0 Å². The summed E-state index contributed by atoms with van der Waals surface area (Å²) >= 11 is 0. The average Bonchev–Trinajstić information content (AvgIpc) is 3.29. The van der Waals surface area contributed by atoms with E-state index in [1.807, 2.05) is 0 Å². The zero-order chi connectivity index (χ0) is 23.0. The van der Waals surface area contributed by atoms with Gasteiger partial charge in [-0.05, 0) is 46.2 Å². The van der Waals surface area contributed by atoms with E-state index < -0.39 is 0 Å². The van der Waals surface area contributed by atoms with Crippen molar-refractivity contribution in [2.24, 2.45) is 0 Å². The molecule has 5 rings (SSSR count). The van der Waals surface area contributed by atoms with Gasteiger partial charge in [0.15, 0.2) is 0 Å². The van der Waals surface area contributed by atoms with E-state index in [4.69, 9.17) is 12.8 Å². The SMILES string of the molecule is C#Cc1cc(C(C)(C)C)cc2c1[nH]c1c2ccc2c3cc(C(C)(C)C)cc(C#C)c3[nH]c21. The van der Waals surface area contributed by atoms with Crippen LogP contribution in [0, 0.1) is 24.7 Å². The van der Waals surface area contributed by atoms with E-state index >= 15 is 0 Å². The molecular weight excluding hydrogens is 388 g/mol. The molecule has 2 heteroatoms. The van der Waals surface area contributed by atoms with Crippen molar-refractivity contribution < 1.29 is 0 Å². The highest BCUT2D eigenvalue weighted by Gasteiger charge is 2.21. The number of benzene rings is 3. The maximum absolute atomic E-state index is 5.92. The lowest BCUT2D eigenvalue weighted by atomic mass is 9.85. The van der Waals surface area contributed by atoms with Gasteiger partial charge in [-0.2, -0.15) is 0 Å². The fraction of sp³-hybridized carbons (Fsp3) is 0.267. The average molecular weight is 417 g/mol. The molecule has 0 bridgehead atoms. The Balaban J connectivity index is 1.93. The highest BCUT2D eigenvalue weighted by molar-refractivity contribution is 6.22. The van der Waals surface area contributed by atoms with Gasteiger partial charge in [0.2, 0.25) is 0 Å². The summed E-state index contributed by atoms with van der Waals surface area (Å²) in [4.78, 5) is 7.27. The molecule has 0 atom stereocenters. The molecule has 2 heterocycles. The molecule has 0 aliphatic carbocycles. The third-order valence-corrected chi connectivity index (χ3v) is 6.61. The molecular formula is C30H28N2. The van der Waals surface area contributed by atoms with Crippen LogP contribution in [0.15, 0.2) is 36.4 Å². The van der Waals surface area contributed by atoms with Gasteiger partial charge in [0.05, 0.1) is 22.1 Å². The molecule has 32 heavy (non-hydrogen) atoms. The maximum atomic E-state index is 5.92. The number of terminal acetylenes is 2. The second kappa shape index (κ2) is 6.44. The standard InChI is InChI=1S/C30H28N2/c1-9-17-13-19(29(3,4)5)15-23-21-11-12-22-24-16-20(30(6,7)8)14-18(10-2)26(24)32-28(22)27(21)31-25(17)23/h1-2,11-16,31-32H,3-8H3. The van der Waals surface area contributed by atoms with Gasteiger partial charge in [0.1, 0.15) is 0 Å². The van der Waals surface area contributed by atoms with Crippen molar-refractivity contribution in [2.45, 2.75) is 52.4 Å². The summed E-state index contributed by atoms with van der Waals surface area (Å²) in [6.45, 7) is 13.3. The maximum Gasteiger partial charge on any atom is 0.0710 e. The number of hydrogen-bond acceptors (Lipinski definition) is 0. The van der Waals surface area contributed by atoms with E-state index in [9.17, 15) is 0 Å². The highest BCUT2D eigenvalue weighted by Crippen LogP contribution is 2.39. The summed E-state index contributed by atoms with van der Waals surface area (Å²) in [5, 5.41) is 4.65. The van der Waals surface area contributed by atoms with Crippen LogP contribution in [-0.4, -0.2) is 9.97 Å². The lowest BCUT2D eigenvalue weighted by Gasteiger charge is -2.19. The van der Waals surface area contributed by atoms with Crippen LogP contribution in [-0.2, 0) is 10.8 Å². The van der Waals surface area contributed by atoms with Crippen LogP contribution < -0.4 is 0 Å². The third kappa shape index (κ3) is 2.84. The monoisotopic (exact) mass is 416 g/mol. The lowest BCUT2D eigenvalue weighted by molar-refractivity contribution is 0.590. The van der Waals surface area contributed by atoms with Crippen molar-refractivity contribution in [3.8, 4) is 24.7 Å². The van der Waals surface area contributed by atoms with Crippen molar-refractivity contribution >= 4 is 43.6 Å². The topological polar surface area (TPSA) is 31.6 Å². The summed E-state index contributed by atoms with van der Waals surface area (Å²) in [6.07, 6.45) is 11.8. The number of aromatic amines is 2. The Morgan fingerprint density at radius 2 is 0.938 bits per heavy atom. The summed E-state index contributed by atoms with van der Waals surface area (Å²) in [5.74, 6) is 5.78. The molecule has 2 aromatic heterocycles. The molecule has 0 saturated carbocycles.